The predicted octanol–water partition coefficient (Wildman–Crippen LogP) is 3.29. The molecule has 0 saturated carbocycles. The lowest BCUT2D eigenvalue weighted by Crippen LogP contribution is -2.30. The highest BCUT2D eigenvalue weighted by atomic mass is 32.2. The second-order valence-electron chi connectivity index (χ2n) is 5.19. The SMILES string of the molecule is Cc1cc(S(=O)(=O)NC(c2cccs2)C(C)C)sc1CO. The Morgan fingerprint density at radius 3 is 2.57 bits per heavy atom. The Hall–Kier alpha value is -0.730. The highest BCUT2D eigenvalue weighted by molar-refractivity contribution is 7.91. The summed E-state index contributed by atoms with van der Waals surface area (Å²) in [6.07, 6.45) is 0. The number of aryl methyl sites for hydroxylation is 1. The van der Waals surface area contributed by atoms with Crippen molar-refractivity contribution in [1.82, 2.24) is 4.72 Å². The fourth-order valence-corrected chi connectivity index (χ4v) is 5.85. The number of hydrogen-bond acceptors (Lipinski definition) is 5. The first-order valence-electron chi connectivity index (χ1n) is 6.61. The van der Waals surface area contributed by atoms with Crippen molar-refractivity contribution < 1.29 is 13.5 Å². The zero-order valence-electron chi connectivity index (χ0n) is 12.2. The molecule has 1 atom stereocenters. The standard InChI is InChI=1S/C14H19NO3S3/c1-9(2)14(11-5-4-6-19-11)15-21(17,18)13-7-10(3)12(8-16)20-13/h4-7,9,14-16H,8H2,1-3H3. The third-order valence-electron chi connectivity index (χ3n) is 3.20. The van der Waals surface area contributed by atoms with Crippen LogP contribution < -0.4 is 4.72 Å². The first-order chi connectivity index (χ1) is 9.85. The van der Waals surface area contributed by atoms with Crippen LogP contribution in [0.3, 0.4) is 0 Å². The van der Waals surface area contributed by atoms with Crippen LogP contribution >= 0.6 is 22.7 Å². The average molecular weight is 346 g/mol. The van der Waals surface area contributed by atoms with E-state index >= 15 is 0 Å². The molecule has 0 bridgehead atoms. The molecule has 0 spiro atoms. The maximum Gasteiger partial charge on any atom is 0.250 e. The van der Waals surface area contributed by atoms with Crippen molar-refractivity contribution in [3.05, 3.63) is 38.9 Å². The molecule has 1 unspecified atom stereocenters. The molecule has 2 aromatic rings. The number of nitrogens with one attached hydrogen (secondary N) is 1. The molecule has 0 fully saturated rings. The van der Waals surface area contributed by atoms with Crippen LogP contribution in [0.25, 0.3) is 0 Å². The van der Waals surface area contributed by atoms with Crippen molar-refractivity contribution in [1.29, 1.82) is 0 Å². The molecule has 2 N–H and O–H groups in total. The van der Waals surface area contributed by atoms with Gasteiger partial charge in [0.1, 0.15) is 4.21 Å². The van der Waals surface area contributed by atoms with Crippen molar-refractivity contribution in [3.8, 4) is 0 Å². The third kappa shape index (κ3) is 3.73. The summed E-state index contributed by atoms with van der Waals surface area (Å²) < 4.78 is 28.1. The van der Waals surface area contributed by atoms with Gasteiger partial charge in [0.15, 0.2) is 0 Å². The van der Waals surface area contributed by atoms with E-state index in [0.717, 1.165) is 21.8 Å². The summed E-state index contributed by atoms with van der Waals surface area (Å²) in [6, 6.07) is 5.24. The van der Waals surface area contributed by atoms with E-state index < -0.39 is 10.0 Å². The van der Waals surface area contributed by atoms with Crippen molar-refractivity contribution in [2.45, 2.75) is 37.6 Å². The first kappa shape index (κ1) is 16.6. The second kappa shape index (κ2) is 6.58. The highest BCUT2D eigenvalue weighted by Gasteiger charge is 2.26. The van der Waals surface area contributed by atoms with Gasteiger partial charge in [-0.15, -0.1) is 22.7 Å². The smallest absolute Gasteiger partial charge is 0.250 e. The van der Waals surface area contributed by atoms with Crippen molar-refractivity contribution in [3.63, 3.8) is 0 Å². The molecule has 2 rings (SSSR count). The van der Waals surface area contributed by atoms with Gasteiger partial charge in [-0.05, 0) is 35.9 Å². The van der Waals surface area contributed by atoms with Gasteiger partial charge < -0.3 is 5.11 Å². The van der Waals surface area contributed by atoms with E-state index in [1.54, 1.807) is 24.3 Å². The third-order valence-corrected chi connectivity index (χ3v) is 7.30. The number of thiophene rings is 2. The van der Waals surface area contributed by atoms with Gasteiger partial charge in [-0.2, -0.15) is 0 Å². The van der Waals surface area contributed by atoms with Crippen LogP contribution in [0, 0.1) is 12.8 Å². The number of aliphatic hydroxyl groups is 1. The van der Waals surface area contributed by atoms with E-state index in [2.05, 4.69) is 4.72 Å². The Labute approximate surface area is 133 Å². The quantitative estimate of drug-likeness (QED) is 0.844. The maximum absolute atomic E-state index is 12.5. The number of aliphatic hydroxyl groups excluding tert-OH is 1. The molecule has 7 heteroatoms. The summed E-state index contributed by atoms with van der Waals surface area (Å²) in [5.41, 5.74) is 0.806. The molecule has 21 heavy (non-hydrogen) atoms. The van der Waals surface area contributed by atoms with Crippen LogP contribution in [-0.4, -0.2) is 13.5 Å². The summed E-state index contributed by atoms with van der Waals surface area (Å²) in [5.74, 6) is 0.150. The van der Waals surface area contributed by atoms with Crippen LogP contribution in [0.15, 0.2) is 27.8 Å². The van der Waals surface area contributed by atoms with Gasteiger partial charge in [0.05, 0.1) is 12.6 Å². The molecule has 0 aliphatic heterocycles. The Bertz CT molecular complexity index is 687. The lowest BCUT2D eigenvalue weighted by Gasteiger charge is -2.20. The van der Waals surface area contributed by atoms with Gasteiger partial charge in [0, 0.05) is 9.75 Å². The number of rotatable bonds is 6. The molecule has 0 aliphatic carbocycles. The predicted molar refractivity (Wildman–Crippen MR) is 87.2 cm³/mol. The number of sulfonamides is 1. The molecular weight excluding hydrogens is 326 g/mol. The van der Waals surface area contributed by atoms with Crippen LogP contribution in [0.4, 0.5) is 0 Å². The summed E-state index contributed by atoms with van der Waals surface area (Å²) in [7, 11) is -3.58. The Morgan fingerprint density at radius 2 is 2.10 bits per heavy atom. The van der Waals surface area contributed by atoms with Gasteiger partial charge >= 0.3 is 0 Å². The minimum atomic E-state index is -3.58. The van der Waals surface area contributed by atoms with Crippen molar-refractivity contribution in [2.75, 3.05) is 0 Å². The average Bonchev–Trinajstić information content (AvgIpc) is 3.04. The Kier molecular flexibility index (Phi) is 5.21. The Morgan fingerprint density at radius 1 is 1.38 bits per heavy atom. The maximum atomic E-state index is 12.5. The first-order valence-corrected chi connectivity index (χ1v) is 9.79. The molecule has 116 valence electrons. The van der Waals surface area contributed by atoms with Crippen LogP contribution in [-0.2, 0) is 16.6 Å². The van der Waals surface area contributed by atoms with E-state index in [-0.39, 0.29) is 22.8 Å². The molecular formula is C14H19NO3S3. The minimum absolute atomic E-state index is 0.134. The molecule has 0 radical (unpaired) electrons. The van der Waals surface area contributed by atoms with E-state index in [0.29, 0.717) is 4.88 Å². The zero-order chi connectivity index (χ0) is 15.6. The van der Waals surface area contributed by atoms with Gasteiger partial charge in [-0.3, -0.25) is 0 Å². The fourth-order valence-electron chi connectivity index (χ4n) is 1.99. The normalized spacial score (nSPS) is 13.8. The van der Waals surface area contributed by atoms with E-state index in [4.69, 9.17) is 0 Å². The molecule has 4 nitrogen and oxygen atoms in total. The summed E-state index contributed by atoms with van der Waals surface area (Å²) in [5, 5.41) is 11.2. The lowest BCUT2D eigenvalue weighted by atomic mass is 10.0. The van der Waals surface area contributed by atoms with Crippen LogP contribution in [0.1, 0.15) is 35.2 Å². The van der Waals surface area contributed by atoms with E-state index in [1.807, 2.05) is 31.4 Å². The van der Waals surface area contributed by atoms with E-state index in [1.165, 1.54) is 0 Å². The van der Waals surface area contributed by atoms with Crippen molar-refractivity contribution >= 4 is 32.7 Å². The Balaban J connectivity index is 2.30. The second-order valence-corrected chi connectivity index (χ2v) is 9.24. The summed E-state index contributed by atoms with van der Waals surface area (Å²) in [4.78, 5) is 1.69. The zero-order valence-corrected chi connectivity index (χ0v) is 14.6. The molecule has 0 aromatic carbocycles. The van der Waals surface area contributed by atoms with E-state index in [9.17, 15) is 13.5 Å². The van der Waals surface area contributed by atoms with Crippen molar-refractivity contribution in [2.24, 2.45) is 5.92 Å². The highest BCUT2D eigenvalue weighted by Crippen LogP contribution is 2.31. The van der Waals surface area contributed by atoms with Crippen LogP contribution in [0.2, 0.25) is 0 Å². The van der Waals surface area contributed by atoms with Gasteiger partial charge in [0.2, 0.25) is 0 Å². The summed E-state index contributed by atoms with van der Waals surface area (Å²) in [6.45, 7) is 5.66. The van der Waals surface area contributed by atoms with Crippen LogP contribution in [0.5, 0.6) is 0 Å². The monoisotopic (exact) mass is 345 g/mol. The molecule has 0 saturated heterocycles. The minimum Gasteiger partial charge on any atom is -0.391 e. The topological polar surface area (TPSA) is 66.4 Å². The molecule has 2 heterocycles. The summed E-state index contributed by atoms with van der Waals surface area (Å²) >= 11 is 2.66. The van der Waals surface area contributed by atoms with Gasteiger partial charge in [-0.25, -0.2) is 13.1 Å². The van der Waals surface area contributed by atoms with Gasteiger partial charge in [-0.1, -0.05) is 19.9 Å². The molecule has 2 aromatic heterocycles. The molecule has 0 aliphatic rings. The fraction of sp³-hybridized carbons (Fsp3) is 0.429. The molecule has 0 amide bonds. The van der Waals surface area contributed by atoms with Gasteiger partial charge in [0.25, 0.3) is 10.0 Å². The largest absolute Gasteiger partial charge is 0.391 e. The number of hydrogen-bond donors (Lipinski definition) is 2. The lowest BCUT2D eigenvalue weighted by molar-refractivity contribution is 0.285.